The van der Waals surface area contributed by atoms with Crippen LogP contribution in [0.25, 0.3) is 11.1 Å². The maximum atomic E-state index is 11.9. The number of hydrogen-bond donors (Lipinski definition) is 1. The summed E-state index contributed by atoms with van der Waals surface area (Å²) >= 11 is 0. The van der Waals surface area contributed by atoms with Crippen LogP contribution in [0.3, 0.4) is 0 Å². The number of hydrogen-bond acceptors (Lipinski definition) is 3. The minimum Gasteiger partial charge on any atom is -0.496 e. The fourth-order valence-electron chi connectivity index (χ4n) is 3.06. The first kappa shape index (κ1) is 16.7. The highest BCUT2D eigenvalue weighted by atomic mass is 16.5. The number of para-hydroxylation sites is 1. The molecule has 4 nitrogen and oxygen atoms in total. The number of aromatic nitrogens is 1. The summed E-state index contributed by atoms with van der Waals surface area (Å²) in [5, 5.41) is 0. The Balaban J connectivity index is 2.14. The Kier molecular flexibility index (Phi) is 4.80. The monoisotopic (exact) mass is 332 g/mol. The quantitative estimate of drug-likeness (QED) is 0.768. The van der Waals surface area contributed by atoms with Crippen LogP contribution in [0, 0.1) is 0 Å². The highest BCUT2D eigenvalue weighted by Crippen LogP contribution is 2.35. The third kappa shape index (κ3) is 3.38. The molecule has 0 spiro atoms. The van der Waals surface area contributed by atoms with Crippen molar-refractivity contribution in [2.75, 3.05) is 7.11 Å². The van der Waals surface area contributed by atoms with E-state index in [4.69, 9.17) is 10.5 Å². The number of carbonyl (C=O) groups excluding carboxylic acids is 1. The Morgan fingerprint density at radius 3 is 2.40 bits per heavy atom. The van der Waals surface area contributed by atoms with E-state index in [1.165, 1.54) is 0 Å². The summed E-state index contributed by atoms with van der Waals surface area (Å²) in [5.41, 5.74) is 10.1. The number of nitrogens with zero attached hydrogens (tertiary/aromatic N) is 1. The van der Waals surface area contributed by atoms with E-state index in [2.05, 4.69) is 11.9 Å². The molecule has 3 aromatic rings. The Hall–Kier alpha value is -3.14. The van der Waals surface area contributed by atoms with Crippen LogP contribution < -0.4 is 10.5 Å². The van der Waals surface area contributed by atoms with Crippen LogP contribution in [0.5, 0.6) is 5.75 Å². The van der Waals surface area contributed by atoms with Crippen LogP contribution in [0.1, 0.15) is 34.3 Å². The first-order valence-electron chi connectivity index (χ1n) is 8.09. The molecule has 126 valence electrons. The second-order valence-corrected chi connectivity index (χ2v) is 5.87. The van der Waals surface area contributed by atoms with Gasteiger partial charge in [0.15, 0.2) is 0 Å². The summed E-state index contributed by atoms with van der Waals surface area (Å²) in [6.45, 7) is 2.05. The van der Waals surface area contributed by atoms with Crippen molar-refractivity contribution < 1.29 is 9.53 Å². The standard InChI is InChI=1S/C21H20N2O2/c1-14(17-5-3-4-6-20(17)25-2)19-13-16(7-8-18(19)21(22)24)15-9-11-23-12-10-15/h3-14H,1-2H3,(H2,22,24)/t14-/m1/s1. The van der Waals surface area contributed by atoms with Crippen LogP contribution in [0.2, 0.25) is 0 Å². The first-order valence-corrected chi connectivity index (χ1v) is 8.09. The van der Waals surface area contributed by atoms with E-state index in [0.717, 1.165) is 28.0 Å². The van der Waals surface area contributed by atoms with E-state index in [9.17, 15) is 4.79 Å². The summed E-state index contributed by atoms with van der Waals surface area (Å²) in [5.74, 6) is 0.318. The minimum atomic E-state index is -0.432. The molecule has 25 heavy (non-hydrogen) atoms. The Morgan fingerprint density at radius 1 is 1.00 bits per heavy atom. The van der Waals surface area contributed by atoms with Gasteiger partial charge in [0.2, 0.25) is 5.91 Å². The van der Waals surface area contributed by atoms with Gasteiger partial charge in [-0.25, -0.2) is 0 Å². The van der Waals surface area contributed by atoms with Crippen LogP contribution in [0.4, 0.5) is 0 Å². The number of rotatable bonds is 5. The van der Waals surface area contributed by atoms with E-state index in [0.29, 0.717) is 5.56 Å². The molecule has 0 bridgehead atoms. The van der Waals surface area contributed by atoms with Gasteiger partial charge >= 0.3 is 0 Å². The van der Waals surface area contributed by atoms with E-state index >= 15 is 0 Å². The molecule has 0 saturated carbocycles. The zero-order chi connectivity index (χ0) is 17.8. The summed E-state index contributed by atoms with van der Waals surface area (Å²) in [7, 11) is 1.65. The number of carbonyl (C=O) groups is 1. The molecule has 2 N–H and O–H groups in total. The number of nitrogens with two attached hydrogens (primary N) is 1. The third-order valence-corrected chi connectivity index (χ3v) is 4.40. The van der Waals surface area contributed by atoms with Crippen molar-refractivity contribution in [1.82, 2.24) is 4.98 Å². The van der Waals surface area contributed by atoms with Crippen molar-refractivity contribution in [3.8, 4) is 16.9 Å². The van der Waals surface area contributed by atoms with Gasteiger partial charge in [0.1, 0.15) is 5.75 Å². The number of primary amides is 1. The second kappa shape index (κ2) is 7.18. The van der Waals surface area contributed by atoms with Crippen molar-refractivity contribution in [2.24, 2.45) is 5.73 Å². The maximum absolute atomic E-state index is 11.9. The molecule has 0 aliphatic carbocycles. The van der Waals surface area contributed by atoms with Crippen molar-refractivity contribution in [2.45, 2.75) is 12.8 Å². The number of methoxy groups -OCH3 is 1. The van der Waals surface area contributed by atoms with Crippen molar-refractivity contribution >= 4 is 5.91 Å². The van der Waals surface area contributed by atoms with Crippen LogP contribution >= 0.6 is 0 Å². The smallest absolute Gasteiger partial charge is 0.248 e. The lowest BCUT2D eigenvalue weighted by atomic mass is 9.87. The Labute approximate surface area is 147 Å². The molecule has 1 atom stereocenters. The number of pyridine rings is 1. The van der Waals surface area contributed by atoms with Gasteiger partial charge in [-0.3, -0.25) is 9.78 Å². The van der Waals surface area contributed by atoms with Crippen LogP contribution in [-0.4, -0.2) is 18.0 Å². The van der Waals surface area contributed by atoms with E-state index in [1.807, 2.05) is 48.5 Å². The fraction of sp³-hybridized carbons (Fsp3) is 0.143. The van der Waals surface area contributed by atoms with E-state index < -0.39 is 5.91 Å². The third-order valence-electron chi connectivity index (χ3n) is 4.40. The van der Waals surface area contributed by atoms with Gasteiger partial charge in [0.25, 0.3) is 0 Å². The molecule has 0 aliphatic rings. The topological polar surface area (TPSA) is 65.2 Å². The van der Waals surface area contributed by atoms with Gasteiger partial charge in [-0.1, -0.05) is 31.2 Å². The summed E-state index contributed by atoms with van der Waals surface area (Å²) < 4.78 is 5.48. The molecule has 0 fully saturated rings. The molecule has 0 saturated heterocycles. The summed E-state index contributed by atoms with van der Waals surface area (Å²) in [6, 6.07) is 17.4. The molecule has 4 heteroatoms. The predicted octanol–water partition coefficient (Wildman–Crippen LogP) is 4.01. The lowest BCUT2D eigenvalue weighted by Gasteiger charge is -2.19. The van der Waals surface area contributed by atoms with Gasteiger partial charge in [-0.2, -0.15) is 0 Å². The molecule has 1 aromatic heterocycles. The van der Waals surface area contributed by atoms with E-state index in [-0.39, 0.29) is 5.92 Å². The molecule has 3 rings (SSSR count). The average Bonchev–Trinajstić information content (AvgIpc) is 2.67. The number of amides is 1. The van der Waals surface area contributed by atoms with Gasteiger partial charge in [-0.15, -0.1) is 0 Å². The fourth-order valence-corrected chi connectivity index (χ4v) is 3.06. The lowest BCUT2D eigenvalue weighted by Crippen LogP contribution is -2.15. The molecular weight excluding hydrogens is 312 g/mol. The largest absolute Gasteiger partial charge is 0.496 e. The van der Waals surface area contributed by atoms with Gasteiger partial charge < -0.3 is 10.5 Å². The minimum absolute atomic E-state index is 0.0413. The molecule has 2 aromatic carbocycles. The molecule has 0 aliphatic heterocycles. The normalized spacial score (nSPS) is 11.8. The SMILES string of the molecule is COc1ccccc1[C@@H](C)c1cc(-c2ccncc2)ccc1C(N)=O. The van der Waals surface area contributed by atoms with Crippen molar-refractivity contribution in [3.05, 3.63) is 83.7 Å². The second-order valence-electron chi connectivity index (χ2n) is 5.87. The Bertz CT molecular complexity index is 891. The predicted molar refractivity (Wildman–Crippen MR) is 98.7 cm³/mol. The molecular formula is C21H20N2O2. The van der Waals surface area contributed by atoms with Crippen LogP contribution in [0.15, 0.2) is 67.0 Å². The van der Waals surface area contributed by atoms with Crippen molar-refractivity contribution in [3.63, 3.8) is 0 Å². The zero-order valence-electron chi connectivity index (χ0n) is 14.3. The van der Waals surface area contributed by atoms with Crippen molar-refractivity contribution in [1.29, 1.82) is 0 Å². The highest BCUT2D eigenvalue weighted by Gasteiger charge is 2.19. The summed E-state index contributed by atoms with van der Waals surface area (Å²) in [4.78, 5) is 16.0. The van der Waals surface area contributed by atoms with Gasteiger partial charge in [-0.05, 0) is 47.0 Å². The lowest BCUT2D eigenvalue weighted by molar-refractivity contribution is 0.0999. The summed E-state index contributed by atoms with van der Waals surface area (Å²) in [6.07, 6.45) is 3.50. The average molecular weight is 332 g/mol. The van der Waals surface area contributed by atoms with Crippen LogP contribution in [-0.2, 0) is 0 Å². The molecule has 1 heterocycles. The number of ether oxygens (including phenoxy) is 1. The van der Waals surface area contributed by atoms with Gasteiger partial charge in [0, 0.05) is 29.4 Å². The van der Waals surface area contributed by atoms with E-state index in [1.54, 1.807) is 25.6 Å². The maximum Gasteiger partial charge on any atom is 0.248 e. The Morgan fingerprint density at radius 2 is 1.72 bits per heavy atom. The zero-order valence-corrected chi connectivity index (χ0v) is 14.3. The molecule has 0 unspecified atom stereocenters. The molecule has 1 amide bonds. The highest BCUT2D eigenvalue weighted by molar-refractivity contribution is 5.95. The number of benzene rings is 2. The first-order chi connectivity index (χ1) is 12.1. The van der Waals surface area contributed by atoms with Gasteiger partial charge in [0.05, 0.1) is 7.11 Å². The molecule has 0 radical (unpaired) electrons.